The van der Waals surface area contributed by atoms with E-state index in [4.69, 9.17) is 16.3 Å². The van der Waals surface area contributed by atoms with Gasteiger partial charge in [-0.05, 0) is 49.2 Å². The van der Waals surface area contributed by atoms with E-state index in [1.165, 1.54) is 0 Å². The lowest BCUT2D eigenvalue weighted by molar-refractivity contribution is -0.129. The summed E-state index contributed by atoms with van der Waals surface area (Å²) in [5.74, 6) is 0.104. The fraction of sp³-hybridized carbons (Fsp3) is 0.250. The van der Waals surface area contributed by atoms with Gasteiger partial charge in [0.1, 0.15) is 12.3 Å². The standard InChI is InChI=1S/C20H21ClN4O3/c1-14-11-15(8-9-16(14)21)28-10-4-7-19(26)23-24-20(27)12-25-13-22-17-5-2-3-6-18(17)25/h2-3,5-6,8-9,11,13H,4,7,10,12H2,1H3,(H,23,26)(H,24,27). The predicted octanol–water partition coefficient (Wildman–Crippen LogP) is 3.00. The van der Waals surface area contributed by atoms with Gasteiger partial charge in [-0.15, -0.1) is 0 Å². The highest BCUT2D eigenvalue weighted by molar-refractivity contribution is 6.31. The monoisotopic (exact) mass is 400 g/mol. The van der Waals surface area contributed by atoms with Crippen LogP contribution in [0.15, 0.2) is 48.8 Å². The van der Waals surface area contributed by atoms with Crippen LogP contribution in [0.5, 0.6) is 5.75 Å². The number of hydrogen-bond acceptors (Lipinski definition) is 4. The summed E-state index contributed by atoms with van der Waals surface area (Å²) in [6.45, 7) is 2.36. The van der Waals surface area contributed by atoms with Crippen LogP contribution in [-0.2, 0) is 16.1 Å². The molecule has 28 heavy (non-hydrogen) atoms. The van der Waals surface area contributed by atoms with E-state index in [0.29, 0.717) is 23.8 Å². The molecule has 3 rings (SSSR count). The van der Waals surface area contributed by atoms with E-state index in [1.54, 1.807) is 23.0 Å². The molecule has 0 saturated heterocycles. The van der Waals surface area contributed by atoms with Gasteiger partial charge in [0.05, 0.1) is 24.0 Å². The van der Waals surface area contributed by atoms with Crippen LogP contribution in [0.25, 0.3) is 11.0 Å². The van der Waals surface area contributed by atoms with Crippen LogP contribution in [0.3, 0.4) is 0 Å². The number of hydrazine groups is 1. The minimum atomic E-state index is -0.329. The Morgan fingerprint density at radius 3 is 2.75 bits per heavy atom. The molecule has 3 aromatic rings. The number of carbonyl (C=O) groups is 2. The van der Waals surface area contributed by atoms with E-state index in [9.17, 15) is 9.59 Å². The highest BCUT2D eigenvalue weighted by Crippen LogP contribution is 2.21. The highest BCUT2D eigenvalue weighted by Gasteiger charge is 2.08. The number of imidazole rings is 1. The predicted molar refractivity (Wildman–Crippen MR) is 107 cm³/mol. The molecule has 0 aliphatic carbocycles. The van der Waals surface area contributed by atoms with Crippen LogP contribution in [0.1, 0.15) is 18.4 Å². The first kappa shape index (κ1) is 19.7. The molecule has 8 heteroatoms. The van der Waals surface area contributed by atoms with Crippen molar-refractivity contribution in [3.05, 3.63) is 59.4 Å². The molecular weight excluding hydrogens is 380 g/mol. The van der Waals surface area contributed by atoms with Crippen LogP contribution in [0, 0.1) is 6.92 Å². The number of ether oxygens (including phenoxy) is 1. The topological polar surface area (TPSA) is 85.3 Å². The molecule has 146 valence electrons. The molecular formula is C20H21ClN4O3. The third-order valence-corrected chi connectivity index (χ3v) is 4.55. The number of amides is 2. The number of carbonyl (C=O) groups excluding carboxylic acids is 2. The van der Waals surface area contributed by atoms with Crippen LogP contribution < -0.4 is 15.6 Å². The Hall–Kier alpha value is -3.06. The molecule has 0 aliphatic heterocycles. The van der Waals surface area contributed by atoms with E-state index >= 15 is 0 Å². The fourth-order valence-electron chi connectivity index (χ4n) is 2.66. The van der Waals surface area contributed by atoms with Crippen LogP contribution in [0.2, 0.25) is 5.02 Å². The lowest BCUT2D eigenvalue weighted by atomic mass is 10.2. The van der Waals surface area contributed by atoms with E-state index in [1.807, 2.05) is 37.3 Å². The molecule has 0 aliphatic rings. The summed E-state index contributed by atoms with van der Waals surface area (Å²) in [5.41, 5.74) is 7.44. The molecule has 0 atom stereocenters. The Balaban J connectivity index is 1.35. The van der Waals surface area contributed by atoms with Gasteiger partial charge in [0.15, 0.2) is 0 Å². The Bertz CT molecular complexity index is 986. The van der Waals surface area contributed by atoms with Crippen LogP contribution in [0.4, 0.5) is 0 Å². The lowest BCUT2D eigenvalue weighted by Gasteiger charge is -2.09. The van der Waals surface area contributed by atoms with Gasteiger partial charge in [0.25, 0.3) is 5.91 Å². The average Bonchev–Trinajstić information content (AvgIpc) is 3.09. The Labute approximate surface area is 167 Å². The molecule has 2 N–H and O–H groups in total. The second-order valence-electron chi connectivity index (χ2n) is 6.32. The van der Waals surface area contributed by atoms with Gasteiger partial charge in [0, 0.05) is 11.4 Å². The zero-order valence-electron chi connectivity index (χ0n) is 15.4. The molecule has 2 aromatic carbocycles. The second-order valence-corrected chi connectivity index (χ2v) is 6.73. The van der Waals surface area contributed by atoms with Gasteiger partial charge in [0.2, 0.25) is 5.91 Å². The first-order chi connectivity index (χ1) is 13.5. The number of fused-ring (bicyclic) bond motifs is 1. The van der Waals surface area contributed by atoms with Crippen molar-refractivity contribution >= 4 is 34.4 Å². The van der Waals surface area contributed by atoms with Crippen molar-refractivity contribution in [2.75, 3.05) is 6.61 Å². The molecule has 0 bridgehead atoms. The zero-order valence-corrected chi connectivity index (χ0v) is 16.2. The molecule has 0 fully saturated rings. The van der Waals surface area contributed by atoms with Crippen molar-refractivity contribution in [3.8, 4) is 5.75 Å². The molecule has 0 unspecified atom stereocenters. The van der Waals surface area contributed by atoms with E-state index < -0.39 is 0 Å². The quantitative estimate of drug-likeness (QED) is 0.471. The van der Waals surface area contributed by atoms with Gasteiger partial charge in [-0.25, -0.2) is 4.98 Å². The summed E-state index contributed by atoms with van der Waals surface area (Å²) in [5, 5.41) is 0.686. The third kappa shape index (κ3) is 5.23. The van der Waals surface area contributed by atoms with Gasteiger partial charge in [-0.1, -0.05) is 23.7 Å². The number of benzene rings is 2. The summed E-state index contributed by atoms with van der Waals surface area (Å²) < 4.78 is 7.31. The van der Waals surface area contributed by atoms with E-state index in [-0.39, 0.29) is 24.8 Å². The number of hydrogen-bond donors (Lipinski definition) is 2. The van der Waals surface area contributed by atoms with E-state index in [0.717, 1.165) is 16.6 Å². The number of para-hydroxylation sites is 2. The summed E-state index contributed by atoms with van der Waals surface area (Å²) >= 11 is 5.97. The Morgan fingerprint density at radius 2 is 1.93 bits per heavy atom. The van der Waals surface area contributed by atoms with E-state index in [2.05, 4.69) is 15.8 Å². The molecule has 0 saturated carbocycles. The SMILES string of the molecule is Cc1cc(OCCCC(=O)NNC(=O)Cn2cnc3ccccc32)ccc1Cl. The second kappa shape index (κ2) is 9.23. The number of nitrogens with one attached hydrogen (secondary N) is 2. The smallest absolute Gasteiger partial charge is 0.258 e. The van der Waals surface area contributed by atoms with Crippen LogP contribution >= 0.6 is 11.6 Å². The van der Waals surface area contributed by atoms with Crippen molar-refractivity contribution in [1.29, 1.82) is 0 Å². The number of aryl methyl sites for hydroxylation is 1. The third-order valence-electron chi connectivity index (χ3n) is 4.13. The van der Waals surface area contributed by atoms with Gasteiger partial charge in [-0.2, -0.15) is 0 Å². The minimum Gasteiger partial charge on any atom is -0.494 e. The summed E-state index contributed by atoms with van der Waals surface area (Å²) in [6.07, 6.45) is 2.36. The number of aromatic nitrogens is 2. The summed E-state index contributed by atoms with van der Waals surface area (Å²) in [4.78, 5) is 28.1. The minimum absolute atomic E-state index is 0.0693. The maximum absolute atomic E-state index is 12.0. The fourth-order valence-corrected chi connectivity index (χ4v) is 2.78. The summed E-state index contributed by atoms with van der Waals surface area (Å²) in [6, 6.07) is 12.9. The molecule has 7 nitrogen and oxygen atoms in total. The zero-order chi connectivity index (χ0) is 19.9. The molecule has 1 aromatic heterocycles. The molecule has 0 radical (unpaired) electrons. The maximum atomic E-state index is 12.0. The van der Waals surface area contributed by atoms with Crippen molar-refractivity contribution in [2.24, 2.45) is 0 Å². The molecule has 2 amide bonds. The molecule has 1 heterocycles. The van der Waals surface area contributed by atoms with Crippen molar-refractivity contribution < 1.29 is 14.3 Å². The summed E-state index contributed by atoms with van der Waals surface area (Å²) in [7, 11) is 0. The van der Waals surface area contributed by atoms with Gasteiger partial charge >= 0.3 is 0 Å². The average molecular weight is 401 g/mol. The van der Waals surface area contributed by atoms with Crippen molar-refractivity contribution in [3.63, 3.8) is 0 Å². The van der Waals surface area contributed by atoms with Crippen molar-refractivity contribution in [2.45, 2.75) is 26.3 Å². The number of halogens is 1. The molecule has 0 spiro atoms. The normalized spacial score (nSPS) is 10.6. The van der Waals surface area contributed by atoms with Crippen LogP contribution in [-0.4, -0.2) is 28.0 Å². The number of rotatable bonds is 7. The lowest BCUT2D eigenvalue weighted by Crippen LogP contribution is -2.43. The highest BCUT2D eigenvalue weighted by atomic mass is 35.5. The Kier molecular flexibility index (Phi) is 6.49. The van der Waals surface area contributed by atoms with Crippen molar-refractivity contribution in [1.82, 2.24) is 20.4 Å². The largest absolute Gasteiger partial charge is 0.494 e. The van der Waals surface area contributed by atoms with Gasteiger partial charge in [-0.3, -0.25) is 20.4 Å². The maximum Gasteiger partial charge on any atom is 0.258 e. The number of nitrogens with zero attached hydrogens (tertiary/aromatic N) is 2. The first-order valence-corrected chi connectivity index (χ1v) is 9.27. The Morgan fingerprint density at radius 1 is 1.14 bits per heavy atom. The van der Waals surface area contributed by atoms with Gasteiger partial charge < -0.3 is 9.30 Å². The first-order valence-electron chi connectivity index (χ1n) is 8.89.